The summed E-state index contributed by atoms with van der Waals surface area (Å²) < 4.78 is 10.9. The van der Waals surface area contributed by atoms with Gasteiger partial charge >= 0.3 is 0 Å². The molecule has 1 heterocycles. The highest BCUT2D eigenvalue weighted by molar-refractivity contribution is 14.0. The molecule has 0 saturated carbocycles. The van der Waals surface area contributed by atoms with E-state index in [1.54, 1.807) is 13.1 Å². The first-order valence-corrected chi connectivity index (χ1v) is 9.38. The van der Waals surface area contributed by atoms with Crippen LogP contribution in [0.3, 0.4) is 0 Å². The Morgan fingerprint density at radius 2 is 1.89 bits per heavy atom. The molecule has 0 fully saturated rings. The molecule has 7 nitrogen and oxygen atoms in total. The van der Waals surface area contributed by atoms with E-state index in [2.05, 4.69) is 34.8 Å². The number of carbonyl (C=O) groups excluding carboxylic acids is 1. The molecule has 0 aliphatic rings. The Morgan fingerprint density at radius 3 is 2.44 bits per heavy atom. The van der Waals surface area contributed by atoms with Crippen LogP contribution >= 0.6 is 24.0 Å². The number of guanidine groups is 1. The second-order valence-electron chi connectivity index (χ2n) is 6.49. The summed E-state index contributed by atoms with van der Waals surface area (Å²) in [5.41, 5.74) is 0.844. The number of amides is 1. The van der Waals surface area contributed by atoms with Gasteiger partial charge in [-0.05, 0) is 38.7 Å². The van der Waals surface area contributed by atoms with Gasteiger partial charge in [-0.15, -0.1) is 24.0 Å². The van der Waals surface area contributed by atoms with E-state index in [0.29, 0.717) is 18.2 Å². The molecule has 8 heteroatoms. The largest absolute Gasteiger partial charge is 0.459 e. The summed E-state index contributed by atoms with van der Waals surface area (Å²) in [7, 11) is 1.75. The molecular weight excluding hydrogens is 459 g/mol. The van der Waals surface area contributed by atoms with Crippen molar-refractivity contribution in [3.8, 4) is 0 Å². The Balaban J connectivity index is 0.00000676. The summed E-state index contributed by atoms with van der Waals surface area (Å²) in [5, 5.41) is 9.40. The van der Waals surface area contributed by atoms with Crippen molar-refractivity contribution in [3.05, 3.63) is 23.7 Å². The number of hydrogen-bond acceptors (Lipinski definition) is 4. The molecule has 0 bridgehead atoms. The van der Waals surface area contributed by atoms with E-state index in [4.69, 9.17) is 9.15 Å². The predicted molar refractivity (Wildman–Crippen MR) is 120 cm³/mol. The lowest BCUT2D eigenvalue weighted by Crippen LogP contribution is -2.40. The third-order valence-electron chi connectivity index (χ3n) is 4.07. The number of halogens is 1. The SMILES string of the molecule is CCOC(CCNC(=NC)NCCCNC(=O)c1occc1C)C(C)C.I. The minimum Gasteiger partial charge on any atom is -0.459 e. The molecular formula is C19H35IN4O3. The highest BCUT2D eigenvalue weighted by Gasteiger charge is 2.13. The van der Waals surface area contributed by atoms with Crippen LogP contribution < -0.4 is 16.0 Å². The first-order valence-electron chi connectivity index (χ1n) is 9.38. The Hall–Kier alpha value is -1.29. The molecule has 0 radical (unpaired) electrons. The molecule has 1 amide bonds. The smallest absolute Gasteiger partial charge is 0.287 e. The number of aryl methyl sites for hydroxylation is 1. The molecule has 0 aliphatic carbocycles. The van der Waals surface area contributed by atoms with Crippen molar-refractivity contribution in [3.63, 3.8) is 0 Å². The number of rotatable bonds is 11. The van der Waals surface area contributed by atoms with Crippen LogP contribution in [0.15, 0.2) is 21.7 Å². The van der Waals surface area contributed by atoms with Gasteiger partial charge in [0.05, 0.1) is 12.4 Å². The fraction of sp³-hybridized carbons (Fsp3) is 0.684. The summed E-state index contributed by atoms with van der Waals surface area (Å²) in [6.45, 7) is 11.0. The highest BCUT2D eigenvalue weighted by atomic mass is 127. The quantitative estimate of drug-likeness (QED) is 0.191. The van der Waals surface area contributed by atoms with Crippen LogP contribution in [0.4, 0.5) is 0 Å². The molecule has 1 aromatic heterocycles. The van der Waals surface area contributed by atoms with E-state index in [0.717, 1.165) is 44.1 Å². The maximum Gasteiger partial charge on any atom is 0.287 e. The highest BCUT2D eigenvalue weighted by Crippen LogP contribution is 2.10. The van der Waals surface area contributed by atoms with Crippen LogP contribution in [0.1, 0.15) is 49.7 Å². The van der Waals surface area contributed by atoms with Crippen molar-refractivity contribution in [1.29, 1.82) is 0 Å². The average molecular weight is 494 g/mol. The maximum atomic E-state index is 11.9. The summed E-state index contributed by atoms with van der Waals surface area (Å²) in [6, 6.07) is 1.78. The van der Waals surface area contributed by atoms with Crippen molar-refractivity contribution >= 4 is 35.8 Å². The Kier molecular flexibility index (Phi) is 14.0. The number of furan rings is 1. The fourth-order valence-electron chi connectivity index (χ4n) is 2.56. The topological polar surface area (TPSA) is 87.9 Å². The van der Waals surface area contributed by atoms with E-state index in [-0.39, 0.29) is 36.0 Å². The normalized spacial score (nSPS) is 12.4. The van der Waals surface area contributed by atoms with E-state index in [1.807, 2.05) is 13.8 Å². The van der Waals surface area contributed by atoms with Gasteiger partial charge in [0.2, 0.25) is 0 Å². The van der Waals surface area contributed by atoms with Gasteiger partial charge in [0, 0.05) is 38.9 Å². The van der Waals surface area contributed by atoms with Crippen LogP contribution in [-0.4, -0.2) is 51.3 Å². The van der Waals surface area contributed by atoms with Crippen molar-refractivity contribution in [2.45, 2.75) is 46.6 Å². The molecule has 1 rings (SSSR count). The predicted octanol–water partition coefficient (Wildman–Crippen LogP) is 2.94. The van der Waals surface area contributed by atoms with Gasteiger partial charge < -0.3 is 25.1 Å². The van der Waals surface area contributed by atoms with Gasteiger partial charge in [0.1, 0.15) is 0 Å². The van der Waals surface area contributed by atoms with Gasteiger partial charge in [-0.25, -0.2) is 0 Å². The second-order valence-corrected chi connectivity index (χ2v) is 6.49. The Bertz CT molecular complexity index is 561. The zero-order valence-electron chi connectivity index (χ0n) is 17.1. The molecule has 1 atom stereocenters. The second kappa shape index (κ2) is 14.7. The molecule has 0 saturated heterocycles. The number of hydrogen-bond donors (Lipinski definition) is 3. The van der Waals surface area contributed by atoms with Crippen molar-refractivity contribution in [1.82, 2.24) is 16.0 Å². The first-order chi connectivity index (χ1) is 12.5. The molecule has 3 N–H and O–H groups in total. The van der Waals surface area contributed by atoms with Crippen LogP contribution in [0.5, 0.6) is 0 Å². The molecule has 0 aliphatic heterocycles. The molecule has 1 aromatic rings. The van der Waals surface area contributed by atoms with E-state index in [1.165, 1.54) is 6.26 Å². The monoisotopic (exact) mass is 494 g/mol. The van der Waals surface area contributed by atoms with Crippen LogP contribution in [0.25, 0.3) is 0 Å². The van der Waals surface area contributed by atoms with Gasteiger partial charge in [0.15, 0.2) is 11.7 Å². The van der Waals surface area contributed by atoms with Crippen molar-refractivity contribution < 1.29 is 13.9 Å². The van der Waals surface area contributed by atoms with Gasteiger partial charge in [-0.2, -0.15) is 0 Å². The maximum absolute atomic E-state index is 11.9. The number of carbonyl (C=O) groups is 1. The molecule has 0 spiro atoms. The van der Waals surface area contributed by atoms with Gasteiger partial charge in [0.25, 0.3) is 5.91 Å². The Morgan fingerprint density at radius 1 is 1.22 bits per heavy atom. The van der Waals surface area contributed by atoms with Gasteiger partial charge in [-0.3, -0.25) is 9.79 Å². The van der Waals surface area contributed by atoms with Crippen LogP contribution in [0, 0.1) is 12.8 Å². The lowest BCUT2D eigenvalue weighted by Gasteiger charge is -2.21. The number of nitrogens with zero attached hydrogens (tertiary/aromatic N) is 1. The lowest BCUT2D eigenvalue weighted by molar-refractivity contribution is 0.0258. The number of nitrogens with one attached hydrogen (secondary N) is 3. The van der Waals surface area contributed by atoms with Crippen molar-refractivity contribution in [2.24, 2.45) is 10.9 Å². The molecule has 27 heavy (non-hydrogen) atoms. The Labute approximate surface area is 180 Å². The minimum atomic E-state index is -0.175. The minimum absolute atomic E-state index is 0. The summed E-state index contributed by atoms with van der Waals surface area (Å²) in [6.07, 6.45) is 3.51. The third-order valence-corrected chi connectivity index (χ3v) is 4.07. The van der Waals surface area contributed by atoms with Crippen LogP contribution in [0.2, 0.25) is 0 Å². The van der Waals surface area contributed by atoms with Gasteiger partial charge in [-0.1, -0.05) is 13.8 Å². The molecule has 1 unspecified atom stereocenters. The zero-order chi connectivity index (χ0) is 19.4. The fourth-order valence-corrected chi connectivity index (χ4v) is 2.56. The van der Waals surface area contributed by atoms with Crippen LogP contribution in [-0.2, 0) is 4.74 Å². The average Bonchev–Trinajstić information content (AvgIpc) is 3.04. The summed E-state index contributed by atoms with van der Waals surface area (Å²) in [5.74, 6) is 1.46. The molecule has 0 aromatic carbocycles. The summed E-state index contributed by atoms with van der Waals surface area (Å²) in [4.78, 5) is 16.1. The summed E-state index contributed by atoms with van der Waals surface area (Å²) >= 11 is 0. The van der Waals surface area contributed by atoms with E-state index < -0.39 is 0 Å². The third kappa shape index (κ3) is 9.99. The number of ether oxygens (including phenoxy) is 1. The molecule has 156 valence electrons. The zero-order valence-corrected chi connectivity index (χ0v) is 19.5. The first kappa shape index (κ1) is 25.7. The number of aliphatic imine (C=N–C) groups is 1. The van der Waals surface area contributed by atoms with E-state index in [9.17, 15) is 4.79 Å². The standard InChI is InChI=1S/C19H34N4O3.HI/c1-6-25-16(14(2)3)8-12-23-19(20-5)22-11-7-10-21-18(24)17-15(4)9-13-26-17;/h9,13-14,16H,6-8,10-12H2,1-5H3,(H,21,24)(H2,20,22,23);1H. The van der Waals surface area contributed by atoms with Crippen molar-refractivity contribution in [2.75, 3.05) is 33.3 Å². The van der Waals surface area contributed by atoms with E-state index >= 15 is 0 Å². The lowest BCUT2D eigenvalue weighted by atomic mass is 10.0.